The number of carbonyl (C=O) groups is 1. The number of halogens is 5. The molecule has 1 aliphatic heterocycles. The number of alkyl halides is 5. The normalized spacial score (nSPS) is 16.0. The fourth-order valence-electron chi connectivity index (χ4n) is 4.33. The fraction of sp³-hybridized carbons (Fsp3) is 0.222. The third kappa shape index (κ3) is 4.65. The van der Waals surface area contributed by atoms with Gasteiger partial charge in [0, 0.05) is 42.4 Å². The van der Waals surface area contributed by atoms with Crippen LogP contribution in [0.1, 0.15) is 28.8 Å². The number of piperidine rings is 1. The SMILES string of the molecule is O=C(c1ccc(-c2cc(-c3ccc(C(F)(F)F)cc3)c3occc3c2)cc1)N1CCC(F)(F)CC1. The van der Waals surface area contributed by atoms with E-state index in [0.717, 1.165) is 28.6 Å². The second kappa shape index (κ2) is 8.52. The molecule has 180 valence electrons. The molecule has 35 heavy (non-hydrogen) atoms. The Morgan fingerprint density at radius 2 is 1.46 bits per heavy atom. The van der Waals surface area contributed by atoms with E-state index in [-0.39, 0.29) is 31.8 Å². The van der Waals surface area contributed by atoms with Crippen LogP contribution >= 0.6 is 0 Å². The third-order valence-electron chi connectivity index (χ3n) is 6.32. The van der Waals surface area contributed by atoms with Crippen LogP contribution in [0.3, 0.4) is 0 Å². The molecule has 0 atom stereocenters. The average Bonchev–Trinajstić information content (AvgIpc) is 3.31. The second-order valence-electron chi connectivity index (χ2n) is 8.66. The lowest BCUT2D eigenvalue weighted by Crippen LogP contribution is -2.42. The summed E-state index contributed by atoms with van der Waals surface area (Å²) >= 11 is 0. The Kier molecular flexibility index (Phi) is 5.62. The van der Waals surface area contributed by atoms with Crippen LogP contribution in [0.2, 0.25) is 0 Å². The highest BCUT2D eigenvalue weighted by Crippen LogP contribution is 2.37. The number of fused-ring (bicyclic) bond motifs is 1. The Morgan fingerprint density at radius 3 is 2.09 bits per heavy atom. The molecule has 0 unspecified atom stereocenters. The lowest BCUT2D eigenvalue weighted by atomic mass is 9.95. The van der Waals surface area contributed by atoms with Crippen LogP contribution in [0.4, 0.5) is 22.0 Å². The average molecular weight is 485 g/mol. The zero-order valence-electron chi connectivity index (χ0n) is 18.4. The van der Waals surface area contributed by atoms with Gasteiger partial charge in [-0.1, -0.05) is 24.3 Å². The molecule has 2 heterocycles. The number of likely N-dealkylation sites (tertiary alicyclic amines) is 1. The second-order valence-corrected chi connectivity index (χ2v) is 8.66. The van der Waals surface area contributed by atoms with Gasteiger partial charge >= 0.3 is 6.18 Å². The van der Waals surface area contributed by atoms with Crippen molar-refractivity contribution in [1.82, 2.24) is 4.90 Å². The molecule has 4 aromatic rings. The molecule has 8 heteroatoms. The number of nitrogens with zero attached hydrogens (tertiary/aromatic N) is 1. The van der Waals surface area contributed by atoms with Crippen LogP contribution in [0.25, 0.3) is 33.2 Å². The van der Waals surface area contributed by atoms with Gasteiger partial charge in [-0.05, 0) is 59.2 Å². The number of rotatable bonds is 3. The number of amides is 1. The van der Waals surface area contributed by atoms with Crippen molar-refractivity contribution in [1.29, 1.82) is 0 Å². The number of hydrogen-bond donors (Lipinski definition) is 0. The minimum atomic E-state index is -4.42. The molecule has 1 aromatic heterocycles. The molecule has 0 aliphatic carbocycles. The highest BCUT2D eigenvalue weighted by Gasteiger charge is 2.35. The van der Waals surface area contributed by atoms with Gasteiger partial charge in [-0.25, -0.2) is 8.78 Å². The first-order chi connectivity index (χ1) is 16.6. The maximum absolute atomic E-state index is 13.4. The van der Waals surface area contributed by atoms with Gasteiger partial charge in [-0.15, -0.1) is 0 Å². The molecule has 1 aliphatic rings. The first-order valence-corrected chi connectivity index (χ1v) is 11.1. The van der Waals surface area contributed by atoms with Gasteiger partial charge in [0.25, 0.3) is 11.8 Å². The summed E-state index contributed by atoms with van der Waals surface area (Å²) in [6, 6.07) is 17.2. The number of furan rings is 1. The van der Waals surface area contributed by atoms with Crippen LogP contribution in [0, 0.1) is 0 Å². The summed E-state index contributed by atoms with van der Waals surface area (Å²) in [5, 5.41) is 0.784. The molecule has 0 bridgehead atoms. The molecule has 1 saturated heterocycles. The highest BCUT2D eigenvalue weighted by atomic mass is 19.4. The molecule has 0 spiro atoms. The Bertz CT molecular complexity index is 1360. The summed E-state index contributed by atoms with van der Waals surface area (Å²) in [5.41, 5.74) is 3.05. The van der Waals surface area contributed by atoms with Crippen molar-refractivity contribution in [2.75, 3.05) is 13.1 Å². The third-order valence-corrected chi connectivity index (χ3v) is 6.32. The lowest BCUT2D eigenvalue weighted by molar-refractivity contribution is -0.137. The minimum Gasteiger partial charge on any atom is -0.464 e. The summed E-state index contributed by atoms with van der Waals surface area (Å²) < 4.78 is 71.3. The standard InChI is InChI=1S/C27H20F5NO2/c28-26(29)10-12-33(13-11-26)25(34)19-3-1-17(2-4-19)21-15-20-9-14-35-24(20)23(16-21)18-5-7-22(8-6-18)27(30,31)32/h1-9,14-16H,10-13H2. The first-order valence-electron chi connectivity index (χ1n) is 11.1. The maximum Gasteiger partial charge on any atom is 0.416 e. The highest BCUT2D eigenvalue weighted by molar-refractivity contribution is 5.97. The maximum atomic E-state index is 13.4. The summed E-state index contributed by atoms with van der Waals surface area (Å²) in [7, 11) is 0. The zero-order valence-corrected chi connectivity index (χ0v) is 18.4. The van der Waals surface area contributed by atoms with Crippen LogP contribution in [-0.2, 0) is 6.18 Å². The van der Waals surface area contributed by atoms with Crippen molar-refractivity contribution < 1.29 is 31.2 Å². The lowest BCUT2D eigenvalue weighted by Gasteiger charge is -2.31. The van der Waals surface area contributed by atoms with Crippen molar-refractivity contribution in [2.45, 2.75) is 24.9 Å². The van der Waals surface area contributed by atoms with E-state index in [1.807, 2.05) is 12.1 Å². The molecule has 0 N–H and O–H groups in total. The van der Waals surface area contributed by atoms with Crippen LogP contribution in [0.15, 0.2) is 77.4 Å². The Balaban J connectivity index is 1.44. The van der Waals surface area contributed by atoms with E-state index in [1.54, 1.807) is 30.3 Å². The molecule has 3 nitrogen and oxygen atoms in total. The van der Waals surface area contributed by atoms with Gasteiger partial charge in [0.05, 0.1) is 11.8 Å². The molecule has 0 saturated carbocycles. The fourth-order valence-corrected chi connectivity index (χ4v) is 4.33. The molecular formula is C27H20F5NO2. The predicted molar refractivity (Wildman–Crippen MR) is 122 cm³/mol. The first kappa shape index (κ1) is 23.1. The van der Waals surface area contributed by atoms with Gasteiger partial charge in [0.1, 0.15) is 5.58 Å². The van der Waals surface area contributed by atoms with E-state index in [1.165, 1.54) is 23.3 Å². The molecule has 0 radical (unpaired) electrons. The molecule has 5 rings (SSSR count). The molecule has 1 amide bonds. The number of carbonyl (C=O) groups excluding carboxylic acids is 1. The van der Waals surface area contributed by atoms with Crippen LogP contribution in [-0.4, -0.2) is 29.8 Å². The van der Waals surface area contributed by atoms with Crippen molar-refractivity contribution in [3.63, 3.8) is 0 Å². The van der Waals surface area contributed by atoms with E-state index in [9.17, 15) is 26.7 Å². The summed E-state index contributed by atoms with van der Waals surface area (Å²) in [6.45, 7) is 0.0302. The number of benzene rings is 3. The van der Waals surface area contributed by atoms with E-state index in [0.29, 0.717) is 22.3 Å². The molecular weight excluding hydrogens is 465 g/mol. The van der Waals surface area contributed by atoms with E-state index < -0.39 is 17.7 Å². The van der Waals surface area contributed by atoms with Gasteiger partial charge in [-0.3, -0.25) is 4.79 Å². The van der Waals surface area contributed by atoms with Crippen molar-refractivity contribution in [3.05, 3.63) is 84.1 Å². The summed E-state index contributed by atoms with van der Waals surface area (Å²) in [5.74, 6) is -3.01. The predicted octanol–water partition coefficient (Wildman–Crippen LogP) is 7.66. The summed E-state index contributed by atoms with van der Waals surface area (Å²) in [4.78, 5) is 14.2. The quantitative estimate of drug-likeness (QED) is 0.279. The number of hydrogen-bond acceptors (Lipinski definition) is 2. The van der Waals surface area contributed by atoms with E-state index in [2.05, 4.69) is 0 Å². The van der Waals surface area contributed by atoms with Crippen molar-refractivity contribution in [2.24, 2.45) is 0 Å². The van der Waals surface area contributed by atoms with Gasteiger partial charge in [0.15, 0.2) is 0 Å². The van der Waals surface area contributed by atoms with Crippen LogP contribution in [0.5, 0.6) is 0 Å². The van der Waals surface area contributed by atoms with Gasteiger partial charge in [-0.2, -0.15) is 13.2 Å². The van der Waals surface area contributed by atoms with Crippen molar-refractivity contribution >= 4 is 16.9 Å². The van der Waals surface area contributed by atoms with Gasteiger partial charge < -0.3 is 9.32 Å². The Hall–Kier alpha value is -3.68. The monoisotopic (exact) mass is 485 g/mol. The van der Waals surface area contributed by atoms with E-state index >= 15 is 0 Å². The largest absolute Gasteiger partial charge is 0.464 e. The minimum absolute atomic E-state index is 0.0151. The Labute approximate surface area is 197 Å². The molecule has 1 fully saturated rings. The van der Waals surface area contributed by atoms with Gasteiger partial charge in [0.2, 0.25) is 0 Å². The smallest absolute Gasteiger partial charge is 0.416 e. The molecule has 3 aromatic carbocycles. The van der Waals surface area contributed by atoms with Crippen LogP contribution < -0.4 is 0 Å². The summed E-state index contributed by atoms with van der Waals surface area (Å²) in [6.07, 6.45) is -3.58. The zero-order chi connectivity index (χ0) is 24.8. The Morgan fingerprint density at radius 1 is 0.829 bits per heavy atom. The van der Waals surface area contributed by atoms with E-state index in [4.69, 9.17) is 4.42 Å². The topological polar surface area (TPSA) is 33.5 Å². The van der Waals surface area contributed by atoms with Crippen molar-refractivity contribution in [3.8, 4) is 22.3 Å².